The maximum atomic E-state index is 13.2. The van der Waals surface area contributed by atoms with Crippen molar-refractivity contribution in [1.29, 1.82) is 0 Å². The van der Waals surface area contributed by atoms with Crippen molar-refractivity contribution in [3.63, 3.8) is 0 Å². The number of likely N-dealkylation sites (N-methyl/N-ethyl adjacent to an activating group) is 1. The summed E-state index contributed by atoms with van der Waals surface area (Å²) in [4.78, 5) is 47.1. The van der Waals surface area contributed by atoms with Gasteiger partial charge in [0.15, 0.2) is 0 Å². The number of fused-ring (bicyclic) bond motifs is 2. The molecular formula is C21H24N4O4S2. The molecule has 4 heterocycles. The van der Waals surface area contributed by atoms with Crippen LogP contribution in [0.4, 0.5) is 5.00 Å². The summed E-state index contributed by atoms with van der Waals surface area (Å²) in [6, 6.07) is 0. The minimum Gasteiger partial charge on any atom is -0.462 e. The molecule has 0 unspecified atom stereocenters. The van der Waals surface area contributed by atoms with Gasteiger partial charge in [-0.2, -0.15) is 0 Å². The number of carbonyl (C=O) groups excluding carboxylic acids is 2. The van der Waals surface area contributed by atoms with Gasteiger partial charge in [0.05, 0.1) is 28.8 Å². The van der Waals surface area contributed by atoms with Gasteiger partial charge < -0.3 is 15.0 Å². The van der Waals surface area contributed by atoms with E-state index in [-0.39, 0.29) is 18.1 Å². The number of ether oxygens (including phenoxy) is 1. The molecule has 0 bridgehead atoms. The SMILES string of the molecule is CCOC(=O)c1c(NC(=O)c2sc3ncn(CC)c(=O)c3c2C)sc2c1CCN(C)C2. The monoisotopic (exact) mass is 460 g/mol. The molecule has 0 saturated carbocycles. The van der Waals surface area contributed by atoms with E-state index in [2.05, 4.69) is 15.2 Å². The Kier molecular flexibility index (Phi) is 5.96. The predicted octanol–water partition coefficient (Wildman–Crippen LogP) is 3.26. The molecule has 1 aliphatic rings. The van der Waals surface area contributed by atoms with Gasteiger partial charge in [0, 0.05) is 24.5 Å². The van der Waals surface area contributed by atoms with Crippen LogP contribution in [-0.2, 0) is 24.2 Å². The standard InChI is InChI=1S/C21H24N4O4S2/c1-5-25-10-22-18-14(20(25)27)11(3)16(31-18)17(26)23-19-15(21(28)29-6-2)12-7-8-24(4)9-13(12)30-19/h10H,5-9H2,1-4H3,(H,23,26). The Hall–Kier alpha value is -2.56. The molecule has 3 aromatic heterocycles. The van der Waals surface area contributed by atoms with Gasteiger partial charge in [-0.1, -0.05) is 0 Å². The number of esters is 1. The van der Waals surface area contributed by atoms with E-state index in [1.54, 1.807) is 13.8 Å². The number of aromatic nitrogens is 2. The summed E-state index contributed by atoms with van der Waals surface area (Å²) in [5.74, 6) is -0.763. The first-order chi connectivity index (χ1) is 14.8. The first-order valence-corrected chi connectivity index (χ1v) is 11.8. The van der Waals surface area contributed by atoms with E-state index >= 15 is 0 Å². The van der Waals surface area contributed by atoms with Crippen molar-refractivity contribution in [3.8, 4) is 0 Å². The minimum absolute atomic E-state index is 0.151. The first-order valence-electron chi connectivity index (χ1n) is 10.2. The molecule has 0 radical (unpaired) electrons. The van der Waals surface area contributed by atoms with E-state index < -0.39 is 5.97 Å². The highest BCUT2D eigenvalue weighted by Crippen LogP contribution is 2.38. The molecule has 8 nitrogen and oxygen atoms in total. The van der Waals surface area contributed by atoms with Crippen molar-refractivity contribution in [3.05, 3.63) is 43.1 Å². The lowest BCUT2D eigenvalue weighted by atomic mass is 10.0. The fraction of sp³-hybridized carbons (Fsp3) is 0.429. The van der Waals surface area contributed by atoms with E-state index in [0.717, 1.165) is 30.0 Å². The molecule has 0 atom stereocenters. The molecule has 0 spiro atoms. The lowest BCUT2D eigenvalue weighted by Gasteiger charge is -2.22. The number of amides is 1. The second-order valence-electron chi connectivity index (χ2n) is 7.44. The summed E-state index contributed by atoms with van der Waals surface area (Å²) in [7, 11) is 2.03. The quantitative estimate of drug-likeness (QED) is 0.588. The second kappa shape index (κ2) is 8.52. The van der Waals surface area contributed by atoms with E-state index in [4.69, 9.17) is 4.74 Å². The maximum absolute atomic E-state index is 13.2. The number of nitrogens with zero attached hydrogens (tertiary/aromatic N) is 3. The Balaban J connectivity index is 1.74. The highest BCUT2D eigenvalue weighted by Gasteiger charge is 2.29. The molecule has 0 saturated heterocycles. The normalized spacial score (nSPS) is 13.9. The summed E-state index contributed by atoms with van der Waals surface area (Å²) in [6.07, 6.45) is 2.24. The van der Waals surface area contributed by atoms with Crippen LogP contribution < -0.4 is 10.9 Å². The summed E-state index contributed by atoms with van der Waals surface area (Å²) < 4.78 is 6.79. The van der Waals surface area contributed by atoms with Gasteiger partial charge in [-0.3, -0.25) is 14.2 Å². The van der Waals surface area contributed by atoms with Crippen molar-refractivity contribution in [2.75, 3.05) is 25.5 Å². The zero-order valence-electron chi connectivity index (χ0n) is 17.9. The van der Waals surface area contributed by atoms with Crippen LogP contribution in [0.15, 0.2) is 11.1 Å². The molecular weight excluding hydrogens is 436 g/mol. The summed E-state index contributed by atoms with van der Waals surface area (Å²) in [6.45, 7) is 7.74. The Morgan fingerprint density at radius 2 is 2.06 bits per heavy atom. The van der Waals surface area contributed by atoms with Crippen LogP contribution in [-0.4, -0.2) is 46.5 Å². The van der Waals surface area contributed by atoms with Gasteiger partial charge >= 0.3 is 5.97 Å². The Morgan fingerprint density at radius 3 is 2.77 bits per heavy atom. The number of anilines is 1. The topological polar surface area (TPSA) is 93.5 Å². The number of hydrogen-bond donors (Lipinski definition) is 1. The van der Waals surface area contributed by atoms with Crippen LogP contribution in [0.2, 0.25) is 0 Å². The highest BCUT2D eigenvalue weighted by atomic mass is 32.1. The van der Waals surface area contributed by atoms with Crippen molar-refractivity contribution in [2.45, 2.75) is 40.3 Å². The molecule has 31 heavy (non-hydrogen) atoms. The molecule has 1 aliphatic heterocycles. The smallest absolute Gasteiger partial charge is 0.341 e. The second-order valence-corrected chi connectivity index (χ2v) is 9.55. The summed E-state index contributed by atoms with van der Waals surface area (Å²) in [5, 5.41) is 3.89. The average Bonchev–Trinajstić information content (AvgIpc) is 3.25. The fourth-order valence-electron chi connectivity index (χ4n) is 3.80. The number of rotatable bonds is 5. The molecule has 0 aliphatic carbocycles. The van der Waals surface area contributed by atoms with Crippen LogP contribution in [0.3, 0.4) is 0 Å². The van der Waals surface area contributed by atoms with Crippen LogP contribution >= 0.6 is 22.7 Å². The summed E-state index contributed by atoms with van der Waals surface area (Å²) in [5.41, 5.74) is 1.87. The number of aryl methyl sites for hydroxylation is 2. The molecule has 10 heteroatoms. The Bertz CT molecular complexity index is 1240. The van der Waals surface area contributed by atoms with Crippen molar-refractivity contribution >= 4 is 49.8 Å². The Labute approximate surface area is 187 Å². The van der Waals surface area contributed by atoms with Gasteiger partial charge in [-0.25, -0.2) is 9.78 Å². The number of carbonyl (C=O) groups is 2. The fourth-order valence-corrected chi connectivity index (χ4v) is 6.14. The van der Waals surface area contributed by atoms with Crippen LogP contribution in [0.5, 0.6) is 0 Å². The van der Waals surface area contributed by atoms with E-state index in [1.165, 1.54) is 33.6 Å². The van der Waals surface area contributed by atoms with E-state index in [0.29, 0.717) is 37.8 Å². The van der Waals surface area contributed by atoms with Crippen LogP contribution in [0.25, 0.3) is 10.2 Å². The van der Waals surface area contributed by atoms with Gasteiger partial charge in [0.25, 0.3) is 11.5 Å². The number of thiophene rings is 2. The number of hydrogen-bond acceptors (Lipinski definition) is 8. The average molecular weight is 461 g/mol. The van der Waals surface area contributed by atoms with Gasteiger partial charge in [0.2, 0.25) is 0 Å². The van der Waals surface area contributed by atoms with E-state index in [1.807, 2.05) is 14.0 Å². The molecule has 164 valence electrons. The van der Waals surface area contributed by atoms with Crippen molar-refractivity contribution < 1.29 is 14.3 Å². The zero-order chi connectivity index (χ0) is 22.3. The first kappa shape index (κ1) is 21.7. The van der Waals surface area contributed by atoms with Crippen LogP contribution in [0, 0.1) is 6.92 Å². The third kappa shape index (κ3) is 3.79. The van der Waals surface area contributed by atoms with Crippen molar-refractivity contribution in [2.24, 2.45) is 0 Å². The lowest BCUT2D eigenvalue weighted by molar-refractivity contribution is 0.0526. The van der Waals surface area contributed by atoms with Crippen LogP contribution in [0.1, 0.15) is 49.9 Å². The summed E-state index contributed by atoms with van der Waals surface area (Å²) >= 11 is 2.60. The largest absolute Gasteiger partial charge is 0.462 e. The Morgan fingerprint density at radius 1 is 1.29 bits per heavy atom. The molecule has 1 N–H and O–H groups in total. The van der Waals surface area contributed by atoms with Gasteiger partial charge in [0.1, 0.15) is 9.83 Å². The van der Waals surface area contributed by atoms with Gasteiger partial charge in [-0.05, 0) is 45.4 Å². The third-order valence-electron chi connectivity index (χ3n) is 5.42. The van der Waals surface area contributed by atoms with Crippen molar-refractivity contribution in [1.82, 2.24) is 14.5 Å². The van der Waals surface area contributed by atoms with E-state index in [9.17, 15) is 14.4 Å². The van der Waals surface area contributed by atoms with Gasteiger partial charge in [-0.15, -0.1) is 22.7 Å². The number of nitrogens with one attached hydrogen (secondary N) is 1. The molecule has 0 fully saturated rings. The maximum Gasteiger partial charge on any atom is 0.341 e. The molecule has 3 aromatic rings. The molecule has 1 amide bonds. The minimum atomic E-state index is -0.416. The molecule has 0 aromatic carbocycles. The molecule has 4 rings (SSSR count). The predicted molar refractivity (Wildman–Crippen MR) is 123 cm³/mol. The third-order valence-corrected chi connectivity index (χ3v) is 7.75. The lowest BCUT2D eigenvalue weighted by Crippen LogP contribution is -2.26. The zero-order valence-corrected chi connectivity index (χ0v) is 19.5. The highest BCUT2D eigenvalue weighted by molar-refractivity contribution is 7.21.